The first-order valence-electron chi connectivity index (χ1n) is 4.27. The van der Waals surface area contributed by atoms with Crippen molar-refractivity contribution in [2.75, 3.05) is 6.61 Å². The summed E-state index contributed by atoms with van der Waals surface area (Å²) in [5.41, 5.74) is 6.98. The molecule has 0 radical (unpaired) electrons. The first-order chi connectivity index (χ1) is 6.15. The quantitative estimate of drug-likeness (QED) is 0.855. The fourth-order valence-electron chi connectivity index (χ4n) is 1.13. The molecule has 13 heavy (non-hydrogen) atoms. The minimum Gasteiger partial charge on any atom is -0.396 e. The largest absolute Gasteiger partial charge is 0.396 e. The Balaban J connectivity index is 2.77. The van der Waals surface area contributed by atoms with Gasteiger partial charge in [0.25, 0.3) is 0 Å². The molecule has 0 aliphatic heterocycles. The minimum absolute atomic E-state index is 0.0851. The van der Waals surface area contributed by atoms with Gasteiger partial charge in [-0.2, -0.15) is 0 Å². The van der Waals surface area contributed by atoms with Crippen LogP contribution in [0.5, 0.6) is 0 Å². The Morgan fingerprint density at radius 1 is 1.38 bits per heavy atom. The Morgan fingerprint density at radius 3 is 2.38 bits per heavy atom. The van der Waals surface area contributed by atoms with E-state index in [2.05, 4.69) is 15.9 Å². The summed E-state index contributed by atoms with van der Waals surface area (Å²) in [6.07, 6.45) is 0. The predicted octanol–water partition coefficient (Wildman–Crippen LogP) is 2.08. The van der Waals surface area contributed by atoms with E-state index in [9.17, 15) is 0 Å². The topological polar surface area (TPSA) is 46.2 Å². The molecular weight excluding hydrogens is 230 g/mol. The molecule has 0 fully saturated rings. The molecule has 0 aliphatic rings. The monoisotopic (exact) mass is 243 g/mol. The summed E-state index contributed by atoms with van der Waals surface area (Å²) in [5.74, 6) is 0.0983. The smallest absolute Gasteiger partial charge is 0.0474 e. The highest BCUT2D eigenvalue weighted by Crippen LogP contribution is 2.20. The van der Waals surface area contributed by atoms with Gasteiger partial charge in [0.1, 0.15) is 0 Å². The predicted molar refractivity (Wildman–Crippen MR) is 57.3 cm³/mol. The Labute approximate surface area is 86.9 Å². The van der Waals surface area contributed by atoms with E-state index in [-0.39, 0.29) is 18.6 Å². The summed E-state index contributed by atoms with van der Waals surface area (Å²) in [4.78, 5) is 0. The first-order valence-corrected chi connectivity index (χ1v) is 5.06. The van der Waals surface area contributed by atoms with Gasteiger partial charge in [0.2, 0.25) is 0 Å². The van der Waals surface area contributed by atoms with Crippen molar-refractivity contribution in [2.45, 2.75) is 13.0 Å². The highest BCUT2D eigenvalue weighted by Gasteiger charge is 2.13. The van der Waals surface area contributed by atoms with Gasteiger partial charge in [-0.25, -0.2) is 0 Å². The molecular formula is C10H14BrNO. The van der Waals surface area contributed by atoms with Crippen molar-refractivity contribution >= 4 is 15.9 Å². The maximum absolute atomic E-state index is 8.93. The second-order valence-electron chi connectivity index (χ2n) is 3.24. The molecule has 2 atom stereocenters. The number of halogens is 1. The number of hydrogen-bond donors (Lipinski definition) is 2. The second kappa shape index (κ2) is 4.74. The van der Waals surface area contributed by atoms with Gasteiger partial charge in [-0.15, -0.1) is 0 Å². The van der Waals surface area contributed by atoms with Crippen LogP contribution in [0.1, 0.15) is 18.5 Å². The Morgan fingerprint density at radius 2 is 1.92 bits per heavy atom. The van der Waals surface area contributed by atoms with E-state index >= 15 is 0 Å². The van der Waals surface area contributed by atoms with Gasteiger partial charge in [-0.1, -0.05) is 35.0 Å². The van der Waals surface area contributed by atoms with Crippen molar-refractivity contribution in [2.24, 2.45) is 11.7 Å². The summed E-state index contributed by atoms with van der Waals surface area (Å²) in [6.45, 7) is 2.06. The van der Waals surface area contributed by atoms with Crippen LogP contribution in [0.25, 0.3) is 0 Å². The van der Waals surface area contributed by atoms with Crippen LogP contribution in [-0.2, 0) is 0 Å². The molecule has 0 saturated carbocycles. The molecule has 0 spiro atoms. The van der Waals surface area contributed by atoms with Crippen molar-refractivity contribution < 1.29 is 5.11 Å². The number of rotatable bonds is 3. The molecule has 3 heteroatoms. The van der Waals surface area contributed by atoms with E-state index in [4.69, 9.17) is 10.8 Å². The summed E-state index contributed by atoms with van der Waals surface area (Å²) < 4.78 is 1.04. The minimum atomic E-state index is -0.0851. The Kier molecular flexibility index (Phi) is 3.90. The van der Waals surface area contributed by atoms with Gasteiger partial charge in [-0.3, -0.25) is 0 Å². The van der Waals surface area contributed by atoms with E-state index in [0.29, 0.717) is 0 Å². The molecule has 0 saturated heterocycles. The molecule has 0 bridgehead atoms. The lowest BCUT2D eigenvalue weighted by atomic mass is 9.96. The number of hydrogen-bond acceptors (Lipinski definition) is 2. The van der Waals surface area contributed by atoms with Gasteiger partial charge in [0.05, 0.1) is 0 Å². The van der Waals surface area contributed by atoms with Crippen molar-refractivity contribution in [1.82, 2.24) is 0 Å². The van der Waals surface area contributed by atoms with Crippen LogP contribution in [-0.4, -0.2) is 11.7 Å². The van der Waals surface area contributed by atoms with E-state index in [0.717, 1.165) is 10.0 Å². The normalized spacial score (nSPS) is 15.4. The zero-order valence-corrected chi connectivity index (χ0v) is 9.16. The molecule has 0 aliphatic carbocycles. The van der Waals surface area contributed by atoms with Crippen LogP contribution in [0, 0.1) is 5.92 Å². The third-order valence-corrected chi connectivity index (χ3v) is 2.68. The van der Waals surface area contributed by atoms with Gasteiger partial charge in [0, 0.05) is 17.1 Å². The second-order valence-corrected chi connectivity index (χ2v) is 4.15. The first kappa shape index (κ1) is 10.7. The summed E-state index contributed by atoms with van der Waals surface area (Å²) in [5, 5.41) is 8.93. The number of nitrogens with two attached hydrogens (primary N) is 1. The molecule has 1 aromatic rings. The SMILES string of the molecule is C[C@H](CO)[C@@H](N)c1ccc(Br)cc1. The van der Waals surface area contributed by atoms with Crippen LogP contribution in [0.2, 0.25) is 0 Å². The van der Waals surface area contributed by atoms with Crippen LogP contribution in [0.3, 0.4) is 0 Å². The molecule has 2 nitrogen and oxygen atoms in total. The van der Waals surface area contributed by atoms with Crippen LogP contribution < -0.4 is 5.73 Å². The Hall–Kier alpha value is -0.380. The lowest BCUT2D eigenvalue weighted by Crippen LogP contribution is -2.21. The number of benzene rings is 1. The zero-order valence-electron chi connectivity index (χ0n) is 7.57. The maximum Gasteiger partial charge on any atom is 0.0474 e. The summed E-state index contributed by atoms with van der Waals surface area (Å²) >= 11 is 3.36. The summed E-state index contributed by atoms with van der Waals surface area (Å²) in [7, 11) is 0. The van der Waals surface area contributed by atoms with Gasteiger partial charge < -0.3 is 10.8 Å². The maximum atomic E-state index is 8.93. The van der Waals surface area contributed by atoms with Gasteiger partial charge in [-0.05, 0) is 23.6 Å². The fraction of sp³-hybridized carbons (Fsp3) is 0.400. The van der Waals surface area contributed by atoms with E-state index in [1.807, 2.05) is 31.2 Å². The van der Waals surface area contributed by atoms with Crippen LogP contribution in [0.15, 0.2) is 28.7 Å². The molecule has 1 rings (SSSR count). The number of aliphatic hydroxyl groups is 1. The zero-order chi connectivity index (χ0) is 9.84. The molecule has 1 aromatic carbocycles. The fourth-order valence-corrected chi connectivity index (χ4v) is 1.39. The van der Waals surface area contributed by atoms with Crippen molar-refractivity contribution in [3.05, 3.63) is 34.3 Å². The highest BCUT2D eigenvalue weighted by molar-refractivity contribution is 9.10. The molecule has 0 amide bonds. The van der Waals surface area contributed by atoms with E-state index in [1.54, 1.807) is 0 Å². The van der Waals surface area contributed by atoms with Crippen molar-refractivity contribution in [3.8, 4) is 0 Å². The Bertz CT molecular complexity index is 260. The van der Waals surface area contributed by atoms with Crippen LogP contribution >= 0.6 is 15.9 Å². The van der Waals surface area contributed by atoms with E-state index < -0.39 is 0 Å². The lowest BCUT2D eigenvalue weighted by Gasteiger charge is -2.17. The molecule has 3 N–H and O–H groups in total. The third kappa shape index (κ3) is 2.79. The number of aliphatic hydroxyl groups excluding tert-OH is 1. The van der Waals surface area contributed by atoms with Gasteiger partial charge >= 0.3 is 0 Å². The highest BCUT2D eigenvalue weighted by atomic mass is 79.9. The van der Waals surface area contributed by atoms with Crippen LogP contribution in [0.4, 0.5) is 0 Å². The molecule has 72 valence electrons. The molecule has 0 aromatic heterocycles. The standard InChI is InChI=1S/C10H14BrNO/c1-7(6-13)10(12)8-2-4-9(11)5-3-8/h2-5,7,10,13H,6,12H2,1H3/t7-,10-/m1/s1. The average Bonchev–Trinajstić information content (AvgIpc) is 2.17. The van der Waals surface area contributed by atoms with Crippen molar-refractivity contribution in [1.29, 1.82) is 0 Å². The summed E-state index contributed by atoms with van der Waals surface area (Å²) in [6, 6.07) is 7.78. The van der Waals surface area contributed by atoms with Crippen molar-refractivity contribution in [3.63, 3.8) is 0 Å². The molecule has 0 heterocycles. The van der Waals surface area contributed by atoms with Gasteiger partial charge in [0.15, 0.2) is 0 Å². The third-order valence-electron chi connectivity index (χ3n) is 2.16. The average molecular weight is 244 g/mol. The molecule has 0 unspecified atom stereocenters. The van der Waals surface area contributed by atoms with E-state index in [1.165, 1.54) is 0 Å². The lowest BCUT2D eigenvalue weighted by molar-refractivity contribution is 0.217.